The second-order valence-corrected chi connectivity index (χ2v) is 13.6. The number of fused-ring (bicyclic) bond motifs is 1. The lowest BCUT2D eigenvalue weighted by atomic mass is 9.79. The Hall–Kier alpha value is -3.71. The Kier molecular flexibility index (Phi) is 10.3. The number of aromatic hydroxyl groups is 1. The van der Waals surface area contributed by atoms with Crippen molar-refractivity contribution in [2.24, 2.45) is 11.8 Å². The van der Waals surface area contributed by atoms with Crippen LogP contribution in [-0.4, -0.2) is 89.3 Å². The molecule has 14 heteroatoms. The van der Waals surface area contributed by atoms with Crippen LogP contribution in [0.1, 0.15) is 55.2 Å². The number of likely N-dealkylation sites (tertiary alicyclic amines) is 2. The first-order valence-corrected chi connectivity index (χ1v) is 17.0. The Morgan fingerprint density at radius 3 is 2.29 bits per heavy atom. The summed E-state index contributed by atoms with van der Waals surface area (Å²) in [4.78, 5) is 45.1. The van der Waals surface area contributed by atoms with E-state index in [2.05, 4.69) is 10.6 Å². The normalized spacial score (nSPS) is 20.7. The van der Waals surface area contributed by atoms with Gasteiger partial charge in [0, 0.05) is 50.9 Å². The van der Waals surface area contributed by atoms with E-state index in [1.165, 1.54) is 4.90 Å². The van der Waals surface area contributed by atoms with E-state index in [0.29, 0.717) is 44.3 Å². The smallest absolute Gasteiger partial charge is 0.420 e. The minimum absolute atomic E-state index is 0.0102. The van der Waals surface area contributed by atoms with Crippen LogP contribution in [0.15, 0.2) is 36.4 Å². The average molecular weight is 692 g/mol. The third-order valence-corrected chi connectivity index (χ3v) is 10.6. The number of phenols is 1. The molecular weight excluding hydrogens is 651 g/mol. The number of amides is 4. The van der Waals surface area contributed by atoms with Gasteiger partial charge in [-0.2, -0.15) is 13.2 Å². The van der Waals surface area contributed by atoms with Crippen LogP contribution in [0.3, 0.4) is 0 Å². The quantitative estimate of drug-likeness (QED) is 0.350. The predicted molar refractivity (Wildman–Crippen MR) is 173 cm³/mol. The highest BCUT2D eigenvalue weighted by atomic mass is 35.5. The number of piperidine rings is 3. The number of ether oxygens (including phenoxy) is 1. The van der Waals surface area contributed by atoms with E-state index in [1.54, 1.807) is 9.80 Å². The number of carbonyl (C=O) groups excluding carboxylic acids is 3. The number of nitrogens with zero attached hydrogens (tertiary/aromatic N) is 3. The maximum atomic E-state index is 13.9. The highest BCUT2D eigenvalue weighted by molar-refractivity contribution is 6.32. The molecule has 2 aromatic rings. The highest BCUT2D eigenvalue weighted by Crippen LogP contribution is 2.41. The lowest BCUT2D eigenvalue weighted by molar-refractivity contribution is -0.142. The molecule has 4 amide bonds. The lowest BCUT2D eigenvalue weighted by Crippen LogP contribution is -2.52. The number of carbonyl (C=O) groups is 3. The van der Waals surface area contributed by atoms with Crippen LogP contribution in [0.4, 0.5) is 28.4 Å². The van der Waals surface area contributed by atoms with E-state index >= 15 is 0 Å². The maximum absolute atomic E-state index is 13.9. The van der Waals surface area contributed by atoms with Gasteiger partial charge in [0.05, 0.1) is 10.6 Å². The molecule has 3 saturated heterocycles. The van der Waals surface area contributed by atoms with Crippen molar-refractivity contribution in [2.75, 3.05) is 44.6 Å². The molecule has 0 spiro atoms. The minimum atomic E-state index is -4.88. The third-order valence-electron chi connectivity index (χ3n) is 10.3. The molecule has 3 N–H and O–H groups in total. The van der Waals surface area contributed by atoms with Crippen LogP contribution in [0.2, 0.25) is 5.02 Å². The van der Waals surface area contributed by atoms with Gasteiger partial charge in [0.1, 0.15) is 5.75 Å². The topological polar surface area (TPSA) is 114 Å². The van der Waals surface area contributed by atoms with Crippen molar-refractivity contribution < 1.29 is 37.4 Å². The number of urea groups is 1. The van der Waals surface area contributed by atoms with Gasteiger partial charge >= 0.3 is 18.3 Å². The zero-order valence-corrected chi connectivity index (χ0v) is 27.4. The predicted octanol–water partition coefficient (Wildman–Crippen LogP) is 5.86. The molecule has 4 aliphatic rings. The van der Waals surface area contributed by atoms with Crippen LogP contribution in [-0.2, 0) is 28.7 Å². The summed E-state index contributed by atoms with van der Waals surface area (Å²) in [6, 6.07) is 9.19. The lowest BCUT2D eigenvalue weighted by Gasteiger charge is -2.41. The minimum Gasteiger partial charge on any atom is -0.506 e. The van der Waals surface area contributed by atoms with E-state index < -0.39 is 40.6 Å². The first-order chi connectivity index (χ1) is 23.0. The van der Waals surface area contributed by atoms with Crippen molar-refractivity contribution in [2.45, 2.75) is 69.8 Å². The van der Waals surface area contributed by atoms with Crippen molar-refractivity contribution in [3.63, 3.8) is 0 Å². The Morgan fingerprint density at radius 1 is 0.958 bits per heavy atom. The number of anilines is 1. The van der Waals surface area contributed by atoms with Gasteiger partial charge in [-0.05, 0) is 92.8 Å². The Balaban J connectivity index is 1.13. The number of rotatable bonds is 6. The molecule has 1 atom stereocenters. The first kappa shape index (κ1) is 34.2. The molecule has 0 radical (unpaired) electrons. The third kappa shape index (κ3) is 7.62. The Morgan fingerprint density at radius 2 is 1.60 bits per heavy atom. The van der Waals surface area contributed by atoms with Gasteiger partial charge in [-0.3, -0.25) is 4.79 Å². The molecule has 0 aromatic heterocycles. The highest BCUT2D eigenvalue weighted by Gasteiger charge is 2.39. The summed E-state index contributed by atoms with van der Waals surface area (Å²) in [5.41, 5.74) is 0.471. The Bertz CT molecular complexity index is 1500. The van der Waals surface area contributed by atoms with Gasteiger partial charge in [0.25, 0.3) is 5.91 Å². The van der Waals surface area contributed by atoms with E-state index in [0.717, 1.165) is 62.2 Å². The molecular formula is C34H41ClF3N5O5. The molecule has 0 unspecified atom stereocenters. The fraction of sp³-hybridized carbons (Fsp3) is 0.559. The molecule has 4 heterocycles. The summed E-state index contributed by atoms with van der Waals surface area (Å²) in [5, 5.41) is 15.8. The fourth-order valence-electron chi connectivity index (χ4n) is 7.57. The molecule has 48 heavy (non-hydrogen) atoms. The van der Waals surface area contributed by atoms with Crippen LogP contribution in [0, 0.1) is 11.8 Å². The van der Waals surface area contributed by atoms with Crippen molar-refractivity contribution in [3.8, 4) is 5.75 Å². The van der Waals surface area contributed by atoms with E-state index in [9.17, 15) is 32.7 Å². The molecule has 4 aliphatic heterocycles. The number of para-hydroxylation sites is 1. The van der Waals surface area contributed by atoms with Crippen LogP contribution < -0.4 is 10.6 Å². The van der Waals surface area contributed by atoms with Gasteiger partial charge in [-0.15, -0.1) is 0 Å². The van der Waals surface area contributed by atoms with Gasteiger partial charge in [0.15, 0.2) is 6.10 Å². The average Bonchev–Trinajstić information content (AvgIpc) is 3.09. The number of benzene rings is 2. The van der Waals surface area contributed by atoms with Gasteiger partial charge < -0.3 is 35.2 Å². The largest absolute Gasteiger partial charge is 0.506 e. The zero-order chi connectivity index (χ0) is 34.0. The molecule has 0 bridgehead atoms. The van der Waals surface area contributed by atoms with E-state index in [1.807, 2.05) is 24.3 Å². The van der Waals surface area contributed by atoms with Crippen LogP contribution in [0.25, 0.3) is 0 Å². The fourth-order valence-corrected chi connectivity index (χ4v) is 7.81. The second kappa shape index (κ2) is 14.4. The van der Waals surface area contributed by atoms with Crippen molar-refractivity contribution in [1.29, 1.82) is 0 Å². The zero-order valence-electron chi connectivity index (χ0n) is 26.6. The van der Waals surface area contributed by atoms with Crippen LogP contribution in [0.5, 0.6) is 5.75 Å². The first-order valence-electron chi connectivity index (χ1n) is 16.7. The SMILES string of the molecule is O=C(O[C@H](Cc1cc(Cl)c(O)c(C(F)(F)F)c1)C(=O)N1CCC(C2CCNCC2)CC1)N1CCC(N2Cc3ccccc3NC2=O)CC1. The standard InChI is InChI=1S/C34H41ClF3N5O5/c35-27-18-21(17-26(30(27)44)34(36,37)38)19-29(31(45)41-13-7-23(8-14-41)22-5-11-39-12-6-22)48-33(47)42-15-9-25(10-16-42)43-20-24-3-1-2-4-28(24)40-32(43)46/h1-4,17-18,22-23,25,29,39,44H,5-16,19-20H2,(H,40,46)/t29-/m1/s1. The van der Waals surface area contributed by atoms with Gasteiger partial charge in [-0.25, -0.2) is 9.59 Å². The molecule has 0 aliphatic carbocycles. The van der Waals surface area contributed by atoms with Gasteiger partial charge in [-0.1, -0.05) is 29.8 Å². The number of alkyl halides is 3. The van der Waals surface area contributed by atoms with Crippen LogP contribution >= 0.6 is 11.6 Å². The summed E-state index contributed by atoms with van der Waals surface area (Å²) in [7, 11) is 0. The molecule has 3 fully saturated rings. The van der Waals surface area contributed by atoms with Gasteiger partial charge in [0.2, 0.25) is 0 Å². The molecule has 0 saturated carbocycles. The number of nitrogens with one attached hydrogen (secondary N) is 2. The monoisotopic (exact) mass is 691 g/mol. The molecule has 260 valence electrons. The number of hydrogen-bond acceptors (Lipinski definition) is 6. The Labute approximate surface area is 282 Å². The van der Waals surface area contributed by atoms with Crippen molar-refractivity contribution in [1.82, 2.24) is 20.0 Å². The summed E-state index contributed by atoms with van der Waals surface area (Å²) >= 11 is 5.97. The van der Waals surface area contributed by atoms with Crippen molar-refractivity contribution in [3.05, 3.63) is 58.1 Å². The summed E-state index contributed by atoms with van der Waals surface area (Å²) < 4.78 is 46.9. The number of halogens is 4. The summed E-state index contributed by atoms with van der Waals surface area (Å²) in [6.07, 6.45) is -2.57. The molecule has 6 rings (SSSR count). The maximum Gasteiger partial charge on any atom is 0.420 e. The molecule has 10 nitrogen and oxygen atoms in total. The molecule has 2 aromatic carbocycles. The summed E-state index contributed by atoms with van der Waals surface area (Å²) in [5.74, 6) is -0.491. The summed E-state index contributed by atoms with van der Waals surface area (Å²) in [6.45, 7) is 3.91. The van der Waals surface area contributed by atoms with E-state index in [-0.39, 0.29) is 37.1 Å². The van der Waals surface area contributed by atoms with Crippen molar-refractivity contribution >= 4 is 35.3 Å². The number of phenolic OH excluding ortho intramolecular Hbond substituents is 1. The van der Waals surface area contributed by atoms with E-state index in [4.69, 9.17) is 16.3 Å². The number of hydrogen-bond donors (Lipinski definition) is 3. The second-order valence-electron chi connectivity index (χ2n) is 13.2.